The Kier molecular flexibility index (Phi) is 6.10. The van der Waals surface area contributed by atoms with E-state index in [-0.39, 0.29) is 17.6 Å². The lowest BCUT2D eigenvalue weighted by atomic mass is 9.94. The van der Waals surface area contributed by atoms with Crippen LogP contribution in [0, 0.1) is 0 Å². The summed E-state index contributed by atoms with van der Waals surface area (Å²) in [5.41, 5.74) is 2.22. The zero-order valence-electron chi connectivity index (χ0n) is 17.2. The van der Waals surface area contributed by atoms with Crippen molar-refractivity contribution < 1.29 is 9.59 Å². The van der Waals surface area contributed by atoms with E-state index in [1.165, 1.54) is 25.7 Å². The Morgan fingerprint density at radius 1 is 0.862 bits per heavy atom. The average molecular weight is 391 g/mol. The highest BCUT2D eigenvalue weighted by Crippen LogP contribution is 2.26. The third-order valence-corrected chi connectivity index (χ3v) is 6.52. The van der Waals surface area contributed by atoms with Crippen molar-refractivity contribution in [2.75, 3.05) is 26.2 Å². The van der Waals surface area contributed by atoms with Gasteiger partial charge in [-0.2, -0.15) is 0 Å². The van der Waals surface area contributed by atoms with Crippen molar-refractivity contribution in [3.05, 3.63) is 71.3 Å². The van der Waals surface area contributed by atoms with Crippen molar-refractivity contribution in [3.63, 3.8) is 0 Å². The Labute approximate surface area is 173 Å². The lowest BCUT2D eigenvalue weighted by molar-refractivity contribution is -0.134. The first-order chi connectivity index (χ1) is 14.1. The molecule has 4 nitrogen and oxygen atoms in total. The molecular formula is C25H30N2O2. The summed E-state index contributed by atoms with van der Waals surface area (Å²) in [4.78, 5) is 30.4. The van der Waals surface area contributed by atoms with Gasteiger partial charge in [-0.25, -0.2) is 0 Å². The fraction of sp³-hybridized carbons (Fsp3) is 0.440. The Hall–Kier alpha value is -2.46. The van der Waals surface area contributed by atoms with Gasteiger partial charge in [0.15, 0.2) is 5.78 Å². The number of nitrogens with zero attached hydrogens (tertiary/aromatic N) is 2. The minimum atomic E-state index is -0.239. The summed E-state index contributed by atoms with van der Waals surface area (Å²) in [6.45, 7) is 5.54. The van der Waals surface area contributed by atoms with Crippen molar-refractivity contribution in [1.82, 2.24) is 9.80 Å². The highest BCUT2D eigenvalue weighted by molar-refractivity contribution is 6.09. The maximum atomic E-state index is 13.1. The van der Waals surface area contributed by atoms with Crippen LogP contribution < -0.4 is 0 Å². The second-order valence-corrected chi connectivity index (χ2v) is 8.34. The van der Waals surface area contributed by atoms with Gasteiger partial charge in [-0.1, -0.05) is 61.4 Å². The Morgan fingerprint density at radius 3 is 2.21 bits per heavy atom. The first kappa shape index (κ1) is 19.8. The topological polar surface area (TPSA) is 40.6 Å². The fourth-order valence-corrected chi connectivity index (χ4v) is 4.70. The van der Waals surface area contributed by atoms with Crippen LogP contribution >= 0.6 is 0 Å². The lowest BCUT2D eigenvalue weighted by Gasteiger charge is -2.39. The summed E-state index contributed by atoms with van der Waals surface area (Å²) in [7, 11) is 0. The maximum Gasteiger partial charge on any atom is 0.229 e. The molecule has 4 rings (SSSR count). The summed E-state index contributed by atoms with van der Waals surface area (Å²) in [6, 6.07) is 17.6. The van der Waals surface area contributed by atoms with Crippen LogP contribution in [0.2, 0.25) is 0 Å². The summed E-state index contributed by atoms with van der Waals surface area (Å²) < 4.78 is 0. The highest BCUT2D eigenvalue weighted by Gasteiger charge is 2.30. The number of rotatable bonds is 5. The Balaban J connectivity index is 1.41. The van der Waals surface area contributed by atoms with Gasteiger partial charge in [-0.05, 0) is 31.4 Å². The van der Waals surface area contributed by atoms with E-state index >= 15 is 0 Å². The zero-order chi connectivity index (χ0) is 20.2. The van der Waals surface area contributed by atoms with Gasteiger partial charge in [0.25, 0.3) is 0 Å². The molecule has 1 atom stereocenters. The van der Waals surface area contributed by atoms with Crippen LogP contribution in [0.5, 0.6) is 0 Å². The van der Waals surface area contributed by atoms with Gasteiger partial charge in [0.05, 0.1) is 5.92 Å². The van der Waals surface area contributed by atoms with Crippen molar-refractivity contribution in [1.29, 1.82) is 0 Å². The molecule has 2 aromatic carbocycles. The normalized spacial score (nSPS) is 19.3. The minimum absolute atomic E-state index is 0.00252. The number of piperazine rings is 1. The second kappa shape index (κ2) is 8.91. The smallest absolute Gasteiger partial charge is 0.229 e. The fourth-order valence-electron chi connectivity index (χ4n) is 4.70. The molecule has 0 N–H and O–H groups in total. The molecule has 1 saturated heterocycles. The second-order valence-electron chi connectivity index (χ2n) is 8.34. The highest BCUT2D eigenvalue weighted by atomic mass is 16.2. The monoisotopic (exact) mass is 390 g/mol. The van der Waals surface area contributed by atoms with Crippen LogP contribution in [0.4, 0.5) is 0 Å². The summed E-state index contributed by atoms with van der Waals surface area (Å²) in [5.74, 6) is -0.0748. The van der Waals surface area contributed by atoms with Crippen molar-refractivity contribution >= 4 is 11.7 Å². The lowest BCUT2D eigenvalue weighted by Crippen LogP contribution is -2.52. The minimum Gasteiger partial charge on any atom is -0.340 e. The summed E-state index contributed by atoms with van der Waals surface area (Å²) in [5, 5.41) is 0. The Morgan fingerprint density at radius 2 is 1.52 bits per heavy atom. The van der Waals surface area contributed by atoms with E-state index in [1.807, 2.05) is 66.4 Å². The largest absolute Gasteiger partial charge is 0.340 e. The van der Waals surface area contributed by atoms with Crippen LogP contribution in [-0.2, 0) is 4.79 Å². The van der Waals surface area contributed by atoms with Crippen LogP contribution in [0.1, 0.15) is 60.0 Å². The Bertz CT molecular complexity index is 850. The van der Waals surface area contributed by atoms with E-state index < -0.39 is 0 Å². The summed E-state index contributed by atoms with van der Waals surface area (Å²) in [6.07, 6.45) is 5.32. The molecule has 1 aliphatic heterocycles. The van der Waals surface area contributed by atoms with E-state index in [2.05, 4.69) is 4.90 Å². The van der Waals surface area contributed by atoms with Crippen molar-refractivity contribution in [2.24, 2.45) is 0 Å². The summed E-state index contributed by atoms with van der Waals surface area (Å²) >= 11 is 0. The maximum absolute atomic E-state index is 13.1. The molecule has 0 aromatic heterocycles. The molecule has 0 radical (unpaired) electrons. The number of carbonyl (C=O) groups is 2. The number of amides is 1. The van der Waals surface area contributed by atoms with Crippen LogP contribution in [0.3, 0.4) is 0 Å². The molecular weight excluding hydrogens is 360 g/mol. The zero-order valence-corrected chi connectivity index (χ0v) is 17.2. The quantitative estimate of drug-likeness (QED) is 0.722. The van der Waals surface area contributed by atoms with E-state index in [4.69, 9.17) is 0 Å². The standard InChI is InChI=1S/C25H30N2O2/c1-19(25(29)27-16-14-26(15-17-27)23-12-5-6-13-23)21-10-7-11-22(18-21)24(28)20-8-3-2-4-9-20/h2-4,7-11,18-19,23H,5-6,12-17H2,1H3. The van der Waals surface area contributed by atoms with E-state index in [0.29, 0.717) is 11.1 Å². The molecule has 152 valence electrons. The molecule has 1 aliphatic carbocycles. The predicted molar refractivity (Wildman–Crippen MR) is 115 cm³/mol. The number of carbonyl (C=O) groups excluding carboxylic acids is 2. The number of hydrogen-bond donors (Lipinski definition) is 0. The molecule has 1 heterocycles. The molecule has 4 heteroatoms. The van der Waals surface area contributed by atoms with Gasteiger partial charge in [-0.15, -0.1) is 0 Å². The molecule has 0 bridgehead atoms. The van der Waals surface area contributed by atoms with Crippen LogP contribution in [-0.4, -0.2) is 53.7 Å². The van der Waals surface area contributed by atoms with Gasteiger partial charge >= 0.3 is 0 Å². The molecule has 1 amide bonds. The van der Waals surface area contributed by atoms with Gasteiger partial charge in [0.1, 0.15) is 0 Å². The van der Waals surface area contributed by atoms with E-state index in [1.54, 1.807) is 0 Å². The molecule has 29 heavy (non-hydrogen) atoms. The SMILES string of the molecule is CC(C(=O)N1CCN(C2CCCC2)CC1)c1cccc(C(=O)c2ccccc2)c1. The number of ketones is 1. The predicted octanol–water partition coefficient (Wildman–Crippen LogP) is 4.11. The molecule has 1 unspecified atom stereocenters. The van der Waals surface area contributed by atoms with Crippen molar-refractivity contribution in [3.8, 4) is 0 Å². The first-order valence-electron chi connectivity index (χ1n) is 10.9. The molecule has 0 spiro atoms. The van der Waals surface area contributed by atoms with Gasteiger partial charge in [0.2, 0.25) is 5.91 Å². The molecule has 2 fully saturated rings. The number of benzene rings is 2. The van der Waals surface area contributed by atoms with Gasteiger partial charge in [0, 0.05) is 43.3 Å². The van der Waals surface area contributed by atoms with E-state index in [9.17, 15) is 9.59 Å². The molecule has 1 saturated carbocycles. The van der Waals surface area contributed by atoms with E-state index in [0.717, 1.165) is 37.8 Å². The van der Waals surface area contributed by atoms with Crippen LogP contribution in [0.25, 0.3) is 0 Å². The molecule has 2 aromatic rings. The van der Waals surface area contributed by atoms with Crippen molar-refractivity contribution in [2.45, 2.75) is 44.6 Å². The third kappa shape index (κ3) is 4.43. The number of hydrogen-bond acceptors (Lipinski definition) is 3. The van der Waals surface area contributed by atoms with Gasteiger partial charge < -0.3 is 4.90 Å². The molecule has 2 aliphatic rings. The third-order valence-electron chi connectivity index (χ3n) is 6.52. The first-order valence-corrected chi connectivity index (χ1v) is 10.9. The average Bonchev–Trinajstić information content (AvgIpc) is 3.33. The van der Waals surface area contributed by atoms with Gasteiger partial charge in [-0.3, -0.25) is 14.5 Å². The van der Waals surface area contributed by atoms with Crippen LogP contribution in [0.15, 0.2) is 54.6 Å².